The lowest BCUT2D eigenvalue weighted by Crippen LogP contribution is -2.57. The Hall–Kier alpha value is -0.570. The molecule has 0 amide bonds. The summed E-state index contributed by atoms with van der Waals surface area (Å²) in [6.07, 6.45) is 1.14. The molecule has 2 bridgehead atoms. The number of fused-ring (bicyclic) bond motifs is 2. The van der Waals surface area contributed by atoms with E-state index in [2.05, 4.69) is 0 Å². The van der Waals surface area contributed by atoms with E-state index in [9.17, 15) is 9.59 Å². The maximum absolute atomic E-state index is 11.6. The molecule has 1 saturated heterocycles. The second kappa shape index (κ2) is 2.32. The summed E-state index contributed by atoms with van der Waals surface area (Å²) in [7, 11) is 0. The van der Waals surface area contributed by atoms with Crippen molar-refractivity contribution in [1.82, 2.24) is 0 Å². The molecule has 0 spiro atoms. The van der Waals surface area contributed by atoms with Crippen molar-refractivity contribution in [2.75, 3.05) is 0 Å². The van der Waals surface area contributed by atoms with E-state index in [4.69, 9.17) is 16.3 Å². The Morgan fingerprint density at radius 2 is 1.71 bits per heavy atom. The van der Waals surface area contributed by atoms with Gasteiger partial charge in [-0.05, 0) is 19.8 Å². The minimum absolute atomic E-state index is 0.429. The highest BCUT2D eigenvalue weighted by Crippen LogP contribution is 2.64. The number of cyclic esters (lactones) is 2. The van der Waals surface area contributed by atoms with Crippen LogP contribution in [0.15, 0.2) is 0 Å². The van der Waals surface area contributed by atoms with Gasteiger partial charge in [0.05, 0.1) is 5.41 Å². The largest absolute Gasteiger partial charge is 0.391 e. The molecule has 0 aromatic rings. The quantitative estimate of drug-likeness (QED) is 0.353. The summed E-state index contributed by atoms with van der Waals surface area (Å²) in [5.41, 5.74) is -1.16. The molecule has 0 radical (unpaired) electrons. The average Bonchev–Trinajstić information content (AvgIpc) is 2.21. The summed E-state index contributed by atoms with van der Waals surface area (Å²) in [5.74, 6) is -1.01. The average molecular weight is 217 g/mol. The number of hydrogen-bond acceptors (Lipinski definition) is 3. The predicted octanol–water partition coefficient (Wildman–Crippen LogP) is 1.87. The molecule has 0 aromatic carbocycles. The summed E-state index contributed by atoms with van der Waals surface area (Å²) in [6.45, 7) is 5.56. The number of carbonyl (C=O) groups excluding carboxylic acids is 2. The molecular weight excluding hydrogens is 204 g/mol. The highest BCUT2D eigenvalue weighted by molar-refractivity contribution is 6.36. The zero-order chi connectivity index (χ0) is 10.8. The second-order valence-corrected chi connectivity index (χ2v) is 5.58. The third-order valence-electron chi connectivity index (χ3n) is 4.30. The lowest BCUT2D eigenvalue weighted by Gasteiger charge is -2.45. The van der Waals surface area contributed by atoms with E-state index in [1.54, 1.807) is 0 Å². The van der Waals surface area contributed by atoms with E-state index >= 15 is 0 Å². The van der Waals surface area contributed by atoms with Gasteiger partial charge in [-0.3, -0.25) is 4.79 Å². The summed E-state index contributed by atoms with van der Waals surface area (Å²) in [5, 5.41) is 0. The Balaban J connectivity index is 2.61. The number of rotatable bonds is 0. The third-order valence-corrected chi connectivity index (χ3v) is 5.11. The first-order chi connectivity index (χ1) is 6.26. The van der Waals surface area contributed by atoms with Gasteiger partial charge < -0.3 is 4.74 Å². The lowest BCUT2D eigenvalue weighted by atomic mass is 9.64. The minimum atomic E-state index is -1.02. The molecule has 0 N–H and O–H groups in total. The molecular formula is C10H13ClO3. The van der Waals surface area contributed by atoms with Crippen molar-refractivity contribution in [3.63, 3.8) is 0 Å². The fourth-order valence-corrected chi connectivity index (χ4v) is 2.82. The number of halogens is 1. The van der Waals surface area contributed by atoms with Crippen molar-refractivity contribution in [1.29, 1.82) is 0 Å². The van der Waals surface area contributed by atoms with Gasteiger partial charge in [-0.15, -0.1) is 11.6 Å². The van der Waals surface area contributed by atoms with Crippen LogP contribution in [0.5, 0.6) is 0 Å². The summed E-state index contributed by atoms with van der Waals surface area (Å²) in [4.78, 5) is 22.2. The van der Waals surface area contributed by atoms with Gasteiger partial charge in [0.2, 0.25) is 0 Å². The molecule has 3 nitrogen and oxygen atoms in total. The first-order valence-electron chi connectivity index (χ1n) is 4.71. The summed E-state index contributed by atoms with van der Waals surface area (Å²) in [6, 6.07) is 0. The molecule has 4 heteroatoms. The van der Waals surface area contributed by atoms with Gasteiger partial charge in [0.1, 0.15) is 4.87 Å². The van der Waals surface area contributed by atoms with Gasteiger partial charge in [0, 0.05) is 5.41 Å². The highest BCUT2D eigenvalue weighted by Gasteiger charge is 2.71. The molecule has 1 aliphatic carbocycles. The van der Waals surface area contributed by atoms with Crippen molar-refractivity contribution in [2.45, 2.75) is 38.5 Å². The summed E-state index contributed by atoms with van der Waals surface area (Å²) >= 11 is 6.27. The normalized spacial score (nSPS) is 45.1. The maximum atomic E-state index is 11.6. The van der Waals surface area contributed by atoms with Crippen molar-refractivity contribution in [3.8, 4) is 0 Å². The molecule has 2 aliphatic rings. The van der Waals surface area contributed by atoms with Crippen LogP contribution in [0.25, 0.3) is 0 Å². The van der Waals surface area contributed by atoms with Gasteiger partial charge in [0.25, 0.3) is 0 Å². The molecule has 2 atom stereocenters. The second-order valence-electron chi connectivity index (χ2n) is 4.94. The zero-order valence-corrected chi connectivity index (χ0v) is 9.27. The number of esters is 2. The maximum Gasteiger partial charge on any atom is 0.335 e. The smallest absolute Gasteiger partial charge is 0.335 e. The van der Waals surface area contributed by atoms with Crippen LogP contribution in [0.3, 0.4) is 0 Å². The predicted molar refractivity (Wildman–Crippen MR) is 50.8 cm³/mol. The summed E-state index contributed by atoms with van der Waals surface area (Å²) < 4.78 is 4.71. The number of carbonyl (C=O) groups is 2. The number of hydrogen-bond donors (Lipinski definition) is 0. The number of alkyl halides is 1. The molecule has 2 fully saturated rings. The van der Waals surface area contributed by atoms with Gasteiger partial charge in [0.15, 0.2) is 0 Å². The molecule has 78 valence electrons. The zero-order valence-electron chi connectivity index (χ0n) is 8.52. The SMILES string of the molecule is CC1(C)[C@@]2(Cl)CC[C@]1(C)C(=O)OC2=O. The van der Waals surface area contributed by atoms with E-state index in [1.165, 1.54) is 0 Å². The molecule has 1 saturated carbocycles. The van der Waals surface area contributed by atoms with Gasteiger partial charge in [-0.2, -0.15) is 0 Å². The van der Waals surface area contributed by atoms with Crippen LogP contribution in [0.2, 0.25) is 0 Å². The highest BCUT2D eigenvalue weighted by atomic mass is 35.5. The minimum Gasteiger partial charge on any atom is -0.391 e. The molecule has 14 heavy (non-hydrogen) atoms. The molecule has 0 unspecified atom stereocenters. The molecule has 1 aliphatic heterocycles. The van der Waals surface area contributed by atoms with E-state index in [0.717, 1.165) is 0 Å². The first-order valence-corrected chi connectivity index (χ1v) is 5.09. The Labute approximate surface area is 87.8 Å². The van der Waals surface area contributed by atoms with Crippen molar-refractivity contribution in [2.24, 2.45) is 10.8 Å². The van der Waals surface area contributed by atoms with E-state index in [-0.39, 0.29) is 0 Å². The lowest BCUT2D eigenvalue weighted by molar-refractivity contribution is -0.182. The Kier molecular flexibility index (Phi) is 1.65. The van der Waals surface area contributed by atoms with Crippen LogP contribution in [0.1, 0.15) is 33.6 Å². The molecule has 0 aromatic heterocycles. The van der Waals surface area contributed by atoms with E-state index < -0.39 is 27.6 Å². The van der Waals surface area contributed by atoms with Crippen LogP contribution < -0.4 is 0 Å². The van der Waals surface area contributed by atoms with Gasteiger partial charge in [-0.1, -0.05) is 13.8 Å². The Bertz CT molecular complexity index is 306. The topological polar surface area (TPSA) is 43.4 Å². The van der Waals surface area contributed by atoms with Crippen LogP contribution in [0.4, 0.5) is 0 Å². The Morgan fingerprint density at radius 3 is 2.29 bits per heavy atom. The third kappa shape index (κ3) is 0.761. The van der Waals surface area contributed by atoms with Crippen LogP contribution in [-0.2, 0) is 14.3 Å². The van der Waals surface area contributed by atoms with Crippen molar-refractivity contribution in [3.05, 3.63) is 0 Å². The number of ether oxygens (including phenoxy) is 1. The van der Waals surface area contributed by atoms with Gasteiger partial charge in [-0.25, -0.2) is 4.79 Å². The van der Waals surface area contributed by atoms with Crippen molar-refractivity contribution >= 4 is 23.5 Å². The Morgan fingerprint density at radius 1 is 1.14 bits per heavy atom. The van der Waals surface area contributed by atoms with Crippen LogP contribution in [-0.4, -0.2) is 16.8 Å². The first kappa shape index (κ1) is 9.97. The van der Waals surface area contributed by atoms with Crippen LogP contribution >= 0.6 is 11.6 Å². The van der Waals surface area contributed by atoms with E-state index in [0.29, 0.717) is 12.8 Å². The van der Waals surface area contributed by atoms with Gasteiger partial charge >= 0.3 is 11.9 Å². The van der Waals surface area contributed by atoms with Crippen molar-refractivity contribution < 1.29 is 14.3 Å². The molecule has 1 heterocycles. The van der Waals surface area contributed by atoms with E-state index in [1.807, 2.05) is 20.8 Å². The standard InChI is InChI=1S/C10H13ClO3/c1-8(2)9(3)4-5-10(8,11)7(13)14-6(9)12/h4-5H2,1-3H3/t9-,10-/m1/s1. The monoisotopic (exact) mass is 216 g/mol. The van der Waals surface area contributed by atoms with Crippen LogP contribution in [0, 0.1) is 10.8 Å². The molecule has 2 rings (SSSR count). The fraction of sp³-hybridized carbons (Fsp3) is 0.800. The fourth-order valence-electron chi connectivity index (χ4n) is 2.48.